The number of nitrogens with one attached hydrogen (secondary N) is 1. The maximum Gasteiger partial charge on any atom is 0.108 e. The molecule has 98 valence electrons. The Balaban J connectivity index is 2.32. The lowest BCUT2D eigenvalue weighted by Gasteiger charge is -2.37. The molecule has 0 aromatic carbocycles. The van der Waals surface area contributed by atoms with Gasteiger partial charge in [0.15, 0.2) is 0 Å². The summed E-state index contributed by atoms with van der Waals surface area (Å²) in [6, 6.07) is 3.32. The van der Waals surface area contributed by atoms with Crippen LogP contribution in [0.2, 0.25) is 0 Å². The highest BCUT2D eigenvalue weighted by molar-refractivity contribution is 4.93. The number of hydrogen-bond acceptors (Lipinski definition) is 4. The van der Waals surface area contributed by atoms with Crippen LogP contribution < -0.4 is 5.32 Å². The molecule has 1 rings (SSSR count). The molecule has 1 atom stereocenters. The molecule has 17 heavy (non-hydrogen) atoms. The van der Waals surface area contributed by atoms with Crippen molar-refractivity contribution in [2.24, 2.45) is 0 Å². The van der Waals surface area contributed by atoms with Gasteiger partial charge in [-0.15, -0.1) is 0 Å². The normalized spacial score (nSPS) is 20.8. The zero-order valence-corrected chi connectivity index (χ0v) is 11.6. The van der Waals surface area contributed by atoms with Gasteiger partial charge in [0.1, 0.15) is 6.04 Å². The summed E-state index contributed by atoms with van der Waals surface area (Å²) in [5.41, 5.74) is 0. The molecule has 1 aliphatic heterocycles. The average molecular weight is 238 g/mol. The lowest BCUT2D eigenvalue weighted by Crippen LogP contribution is -2.52. The highest BCUT2D eigenvalue weighted by Crippen LogP contribution is 2.06. The summed E-state index contributed by atoms with van der Waals surface area (Å²) in [5.74, 6) is 0. The fraction of sp³-hybridized carbons (Fsp3) is 0.923. The molecule has 0 saturated carbocycles. The van der Waals surface area contributed by atoms with E-state index in [1.165, 1.54) is 0 Å². The Morgan fingerprint density at radius 2 is 1.71 bits per heavy atom. The molecule has 1 saturated heterocycles. The molecular formula is C13H26N4. The minimum atomic E-state index is -0.0411. The van der Waals surface area contributed by atoms with Crippen molar-refractivity contribution in [2.45, 2.75) is 45.8 Å². The lowest BCUT2D eigenvalue weighted by atomic mass is 10.2. The van der Waals surface area contributed by atoms with Gasteiger partial charge < -0.3 is 0 Å². The van der Waals surface area contributed by atoms with Crippen molar-refractivity contribution in [1.29, 1.82) is 5.26 Å². The lowest BCUT2D eigenvalue weighted by molar-refractivity contribution is 0.104. The van der Waals surface area contributed by atoms with Gasteiger partial charge in [-0.05, 0) is 27.7 Å². The Morgan fingerprint density at radius 1 is 1.12 bits per heavy atom. The third-order valence-electron chi connectivity index (χ3n) is 3.27. The minimum Gasteiger partial charge on any atom is -0.299 e. The zero-order chi connectivity index (χ0) is 12.8. The quantitative estimate of drug-likeness (QED) is 0.773. The van der Waals surface area contributed by atoms with E-state index in [1.54, 1.807) is 0 Å². The number of piperazine rings is 1. The second kappa shape index (κ2) is 6.95. The molecule has 1 N–H and O–H groups in total. The molecule has 1 fully saturated rings. The zero-order valence-electron chi connectivity index (χ0n) is 11.6. The van der Waals surface area contributed by atoms with Gasteiger partial charge in [0, 0.05) is 44.8 Å². The largest absolute Gasteiger partial charge is 0.299 e. The van der Waals surface area contributed by atoms with Crippen molar-refractivity contribution in [1.82, 2.24) is 15.1 Å². The Hall–Kier alpha value is -0.630. The predicted molar refractivity (Wildman–Crippen MR) is 70.8 cm³/mol. The SMILES string of the molecule is CC(C)NC(C#N)CN1CCN(C(C)C)CC1. The van der Waals surface area contributed by atoms with Crippen molar-refractivity contribution < 1.29 is 0 Å². The molecule has 4 nitrogen and oxygen atoms in total. The third-order valence-corrected chi connectivity index (χ3v) is 3.27. The summed E-state index contributed by atoms with van der Waals surface area (Å²) in [7, 11) is 0. The van der Waals surface area contributed by atoms with Crippen molar-refractivity contribution >= 4 is 0 Å². The van der Waals surface area contributed by atoms with Gasteiger partial charge in [-0.3, -0.25) is 15.1 Å². The summed E-state index contributed by atoms with van der Waals surface area (Å²) < 4.78 is 0. The Labute approximate surface area is 106 Å². The van der Waals surface area contributed by atoms with Crippen LogP contribution in [0.1, 0.15) is 27.7 Å². The smallest absolute Gasteiger partial charge is 0.108 e. The van der Waals surface area contributed by atoms with Crippen LogP contribution in [0.25, 0.3) is 0 Å². The number of hydrogen-bond donors (Lipinski definition) is 1. The predicted octanol–water partition coefficient (Wildman–Crippen LogP) is 0.903. The van der Waals surface area contributed by atoms with Gasteiger partial charge in [-0.2, -0.15) is 5.26 Å². The second-order valence-electron chi connectivity index (χ2n) is 5.43. The van der Waals surface area contributed by atoms with Gasteiger partial charge in [0.2, 0.25) is 0 Å². The van der Waals surface area contributed by atoms with Crippen LogP contribution in [0.4, 0.5) is 0 Å². The van der Waals surface area contributed by atoms with E-state index in [0.717, 1.165) is 32.7 Å². The maximum absolute atomic E-state index is 9.10. The van der Waals surface area contributed by atoms with Crippen molar-refractivity contribution in [3.8, 4) is 6.07 Å². The van der Waals surface area contributed by atoms with Gasteiger partial charge in [0.25, 0.3) is 0 Å². The highest BCUT2D eigenvalue weighted by atomic mass is 15.3. The van der Waals surface area contributed by atoms with E-state index in [4.69, 9.17) is 5.26 Å². The van der Waals surface area contributed by atoms with Crippen molar-refractivity contribution in [3.05, 3.63) is 0 Å². The van der Waals surface area contributed by atoms with Crippen molar-refractivity contribution in [3.63, 3.8) is 0 Å². The first-order chi connectivity index (χ1) is 8.02. The molecule has 0 aromatic rings. The first-order valence-corrected chi connectivity index (χ1v) is 6.65. The molecule has 0 radical (unpaired) electrons. The molecule has 0 spiro atoms. The van der Waals surface area contributed by atoms with Crippen LogP contribution in [-0.2, 0) is 0 Å². The van der Waals surface area contributed by atoms with Crippen molar-refractivity contribution in [2.75, 3.05) is 32.7 Å². The Kier molecular flexibility index (Phi) is 5.90. The fourth-order valence-electron chi connectivity index (χ4n) is 2.25. The fourth-order valence-corrected chi connectivity index (χ4v) is 2.25. The summed E-state index contributed by atoms with van der Waals surface area (Å²) in [6.07, 6.45) is 0. The molecule has 0 amide bonds. The van der Waals surface area contributed by atoms with Crippen LogP contribution in [-0.4, -0.2) is 60.6 Å². The number of nitriles is 1. The molecule has 4 heteroatoms. The van der Waals surface area contributed by atoms with Crippen LogP contribution >= 0.6 is 0 Å². The van der Waals surface area contributed by atoms with Crippen LogP contribution in [0.3, 0.4) is 0 Å². The summed E-state index contributed by atoms with van der Waals surface area (Å²) in [4.78, 5) is 4.88. The van der Waals surface area contributed by atoms with Gasteiger partial charge in [-0.25, -0.2) is 0 Å². The first-order valence-electron chi connectivity index (χ1n) is 6.65. The van der Waals surface area contributed by atoms with Gasteiger partial charge >= 0.3 is 0 Å². The second-order valence-corrected chi connectivity index (χ2v) is 5.43. The molecule has 0 aromatic heterocycles. The van der Waals surface area contributed by atoms with E-state index in [1.807, 2.05) is 0 Å². The van der Waals surface area contributed by atoms with Crippen LogP contribution in [0.15, 0.2) is 0 Å². The summed E-state index contributed by atoms with van der Waals surface area (Å²) >= 11 is 0. The standard InChI is InChI=1S/C13H26N4/c1-11(2)15-13(9-14)10-16-5-7-17(8-6-16)12(3)4/h11-13,15H,5-8,10H2,1-4H3. The van der Waals surface area contributed by atoms with E-state index in [-0.39, 0.29) is 6.04 Å². The first kappa shape index (κ1) is 14.4. The Morgan fingerprint density at radius 3 is 2.12 bits per heavy atom. The molecule has 1 heterocycles. The van der Waals surface area contributed by atoms with E-state index < -0.39 is 0 Å². The third kappa shape index (κ3) is 5.03. The minimum absolute atomic E-state index is 0.0411. The van der Waals surface area contributed by atoms with Crippen LogP contribution in [0.5, 0.6) is 0 Å². The maximum atomic E-state index is 9.10. The van der Waals surface area contributed by atoms with E-state index in [9.17, 15) is 0 Å². The average Bonchev–Trinajstić information content (AvgIpc) is 2.28. The highest BCUT2D eigenvalue weighted by Gasteiger charge is 2.21. The molecule has 0 aliphatic carbocycles. The number of rotatable bonds is 5. The molecule has 0 bridgehead atoms. The summed E-state index contributed by atoms with van der Waals surface area (Å²) in [5, 5.41) is 12.4. The molecule has 1 unspecified atom stereocenters. The van der Waals surface area contributed by atoms with Crippen LogP contribution in [0, 0.1) is 11.3 Å². The van der Waals surface area contributed by atoms with E-state index in [0.29, 0.717) is 12.1 Å². The van der Waals surface area contributed by atoms with Gasteiger partial charge in [0.05, 0.1) is 6.07 Å². The molecule has 1 aliphatic rings. The van der Waals surface area contributed by atoms with Gasteiger partial charge in [-0.1, -0.05) is 0 Å². The molecular weight excluding hydrogens is 212 g/mol. The number of nitrogens with zero attached hydrogens (tertiary/aromatic N) is 3. The summed E-state index contributed by atoms with van der Waals surface area (Å²) in [6.45, 7) is 13.9. The Bertz CT molecular complexity index is 249. The van der Waals surface area contributed by atoms with E-state index >= 15 is 0 Å². The monoisotopic (exact) mass is 238 g/mol. The topological polar surface area (TPSA) is 42.3 Å². The van der Waals surface area contributed by atoms with E-state index in [2.05, 4.69) is 48.9 Å².